The maximum absolute atomic E-state index is 12.6. The van der Waals surface area contributed by atoms with Gasteiger partial charge < -0.3 is 18.6 Å². The SMILES string of the molecule is CCOC(=O)[C@H](C)Oc1ccc2c(=O)c(Oc3ccc(Br)cc3)coc2c1. The van der Waals surface area contributed by atoms with Crippen molar-refractivity contribution in [3.8, 4) is 17.2 Å². The number of fused-ring (bicyclic) bond motifs is 1. The lowest BCUT2D eigenvalue weighted by Crippen LogP contribution is -2.26. The van der Waals surface area contributed by atoms with Crippen LogP contribution in [0, 0.1) is 0 Å². The fourth-order valence-electron chi connectivity index (χ4n) is 2.38. The van der Waals surface area contributed by atoms with Gasteiger partial charge in [-0.3, -0.25) is 4.79 Å². The Labute approximate surface area is 163 Å². The highest BCUT2D eigenvalue weighted by Gasteiger charge is 2.17. The Balaban J connectivity index is 1.83. The van der Waals surface area contributed by atoms with Gasteiger partial charge in [-0.1, -0.05) is 15.9 Å². The van der Waals surface area contributed by atoms with Gasteiger partial charge in [0, 0.05) is 10.5 Å². The van der Waals surface area contributed by atoms with E-state index in [1.807, 2.05) is 12.1 Å². The van der Waals surface area contributed by atoms with E-state index in [1.165, 1.54) is 6.26 Å². The first-order valence-corrected chi connectivity index (χ1v) is 9.09. The molecule has 0 aliphatic heterocycles. The lowest BCUT2D eigenvalue weighted by Gasteiger charge is -2.13. The van der Waals surface area contributed by atoms with E-state index >= 15 is 0 Å². The highest BCUT2D eigenvalue weighted by molar-refractivity contribution is 9.10. The molecule has 0 saturated carbocycles. The predicted molar refractivity (Wildman–Crippen MR) is 103 cm³/mol. The molecule has 1 heterocycles. The summed E-state index contributed by atoms with van der Waals surface area (Å²) in [6.07, 6.45) is 0.486. The monoisotopic (exact) mass is 432 g/mol. The Morgan fingerprint density at radius 3 is 2.56 bits per heavy atom. The molecule has 0 saturated heterocycles. The van der Waals surface area contributed by atoms with Crippen LogP contribution in [0.2, 0.25) is 0 Å². The molecule has 3 rings (SSSR count). The van der Waals surface area contributed by atoms with Crippen LogP contribution < -0.4 is 14.9 Å². The average Bonchev–Trinajstić information content (AvgIpc) is 2.66. The van der Waals surface area contributed by atoms with Crippen LogP contribution in [0.1, 0.15) is 13.8 Å². The third-order valence-corrected chi connectivity index (χ3v) is 4.22. The smallest absolute Gasteiger partial charge is 0.347 e. The number of hydrogen-bond acceptors (Lipinski definition) is 6. The average molecular weight is 433 g/mol. The molecule has 0 aliphatic carbocycles. The number of halogens is 1. The van der Waals surface area contributed by atoms with Crippen LogP contribution in [-0.4, -0.2) is 18.7 Å². The summed E-state index contributed by atoms with van der Waals surface area (Å²) in [5.41, 5.74) is 0.0286. The molecule has 140 valence electrons. The van der Waals surface area contributed by atoms with Crippen molar-refractivity contribution in [2.45, 2.75) is 20.0 Å². The van der Waals surface area contributed by atoms with Crippen LogP contribution in [0.15, 0.2) is 62.4 Å². The van der Waals surface area contributed by atoms with E-state index in [9.17, 15) is 9.59 Å². The maximum Gasteiger partial charge on any atom is 0.347 e. The summed E-state index contributed by atoms with van der Waals surface area (Å²) < 4.78 is 22.5. The fourth-order valence-corrected chi connectivity index (χ4v) is 2.64. The third kappa shape index (κ3) is 4.49. The van der Waals surface area contributed by atoms with Crippen LogP contribution >= 0.6 is 15.9 Å². The van der Waals surface area contributed by atoms with Crippen LogP contribution in [0.4, 0.5) is 0 Å². The largest absolute Gasteiger partial charge is 0.479 e. The second-order valence-electron chi connectivity index (χ2n) is 5.66. The van der Waals surface area contributed by atoms with E-state index in [4.69, 9.17) is 18.6 Å². The van der Waals surface area contributed by atoms with Gasteiger partial charge in [-0.2, -0.15) is 0 Å². The quantitative estimate of drug-likeness (QED) is 0.526. The lowest BCUT2D eigenvalue weighted by atomic mass is 10.2. The van der Waals surface area contributed by atoms with Crippen molar-refractivity contribution < 1.29 is 23.4 Å². The number of rotatable bonds is 6. The van der Waals surface area contributed by atoms with Gasteiger partial charge in [0.1, 0.15) is 23.3 Å². The highest BCUT2D eigenvalue weighted by atomic mass is 79.9. The number of hydrogen-bond donors (Lipinski definition) is 0. The Morgan fingerprint density at radius 2 is 1.85 bits per heavy atom. The molecule has 0 amide bonds. The summed E-state index contributed by atoms with van der Waals surface area (Å²) in [5.74, 6) is 0.538. The van der Waals surface area contributed by atoms with Crippen molar-refractivity contribution >= 4 is 32.9 Å². The zero-order chi connectivity index (χ0) is 19.4. The maximum atomic E-state index is 12.6. The molecule has 2 aromatic carbocycles. The third-order valence-electron chi connectivity index (χ3n) is 3.69. The lowest BCUT2D eigenvalue weighted by molar-refractivity contribution is -0.150. The molecule has 7 heteroatoms. The van der Waals surface area contributed by atoms with Gasteiger partial charge in [-0.25, -0.2) is 4.79 Å². The summed E-state index contributed by atoms with van der Waals surface area (Å²) >= 11 is 3.34. The molecule has 0 unspecified atom stereocenters. The molecular weight excluding hydrogens is 416 g/mol. The van der Waals surface area contributed by atoms with E-state index in [0.717, 1.165) is 4.47 Å². The van der Waals surface area contributed by atoms with Gasteiger partial charge in [-0.15, -0.1) is 0 Å². The van der Waals surface area contributed by atoms with E-state index in [2.05, 4.69) is 15.9 Å². The Bertz CT molecular complexity index is 1010. The number of benzene rings is 2. The molecule has 27 heavy (non-hydrogen) atoms. The van der Waals surface area contributed by atoms with Crippen LogP contribution in [-0.2, 0) is 9.53 Å². The summed E-state index contributed by atoms with van der Waals surface area (Å²) in [7, 11) is 0. The summed E-state index contributed by atoms with van der Waals surface area (Å²) in [6, 6.07) is 11.8. The van der Waals surface area contributed by atoms with Gasteiger partial charge in [0.25, 0.3) is 0 Å². The van der Waals surface area contributed by atoms with Gasteiger partial charge in [0.05, 0.1) is 12.0 Å². The number of esters is 1. The second kappa shape index (κ2) is 8.26. The number of ether oxygens (including phenoxy) is 3. The molecule has 3 aromatic rings. The minimum absolute atomic E-state index is 0.0818. The van der Waals surface area contributed by atoms with E-state index in [1.54, 1.807) is 44.2 Å². The minimum atomic E-state index is -0.769. The molecule has 1 aromatic heterocycles. The molecular formula is C20H17BrO6. The van der Waals surface area contributed by atoms with E-state index in [0.29, 0.717) is 22.5 Å². The molecule has 0 bridgehead atoms. The molecule has 0 radical (unpaired) electrons. The molecule has 0 spiro atoms. The van der Waals surface area contributed by atoms with Crippen LogP contribution in [0.5, 0.6) is 17.2 Å². The Morgan fingerprint density at radius 1 is 1.15 bits per heavy atom. The zero-order valence-electron chi connectivity index (χ0n) is 14.7. The Hall–Kier alpha value is -2.80. The fraction of sp³-hybridized carbons (Fsp3) is 0.200. The summed E-state index contributed by atoms with van der Waals surface area (Å²) in [5, 5.41) is 0.348. The first-order valence-electron chi connectivity index (χ1n) is 8.30. The summed E-state index contributed by atoms with van der Waals surface area (Å²) in [4.78, 5) is 24.3. The standard InChI is InChI=1S/C20H17BrO6/c1-3-24-20(23)12(2)26-15-8-9-16-17(10-15)25-11-18(19(16)22)27-14-6-4-13(21)5-7-14/h4-12H,3H2,1-2H3/t12-/m0/s1. The van der Waals surface area contributed by atoms with Crippen molar-refractivity contribution in [1.82, 2.24) is 0 Å². The summed E-state index contributed by atoms with van der Waals surface area (Å²) in [6.45, 7) is 3.59. The van der Waals surface area contributed by atoms with Crippen LogP contribution in [0.25, 0.3) is 11.0 Å². The van der Waals surface area contributed by atoms with Crippen molar-refractivity contribution in [2.75, 3.05) is 6.61 Å². The van der Waals surface area contributed by atoms with Gasteiger partial charge in [0.15, 0.2) is 6.10 Å². The van der Waals surface area contributed by atoms with Crippen molar-refractivity contribution in [2.24, 2.45) is 0 Å². The highest BCUT2D eigenvalue weighted by Crippen LogP contribution is 2.25. The topological polar surface area (TPSA) is 75.0 Å². The molecule has 0 fully saturated rings. The number of carbonyl (C=O) groups is 1. The minimum Gasteiger partial charge on any atom is -0.479 e. The normalized spacial score (nSPS) is 11.8. The van der Waals surface area contributed by atoms with Crippen LogP contribution in [0.3, 0.4) is 0 Å². The first-order chi connectivity index (χ1) is 13.0. The van der Waals surface area contributed by atoms with Crippen molar-refractivity contribution in [1.29, 1.82) is 0 Å². The van der Waals surface area contributed by atoms with Gasteiger partial charge in [-0.05, 0) is 50.2 Å². The molecule has 6 nitrogen and oxygen atoms in total. The zero-order valence-corrected chi connectivity index (χ0v) is 16.3. The molecule has 1 atom stereocenters. The van der Waals surface area contributed by atoms with Gasteiger partial charge >= 0.3 is 5.97 Å². The predicted octanol–water partition coefficient (Wildman–Crippen LogP) is 4.68. The first kappa shape index (κ1) is 19.0. The molecule has 0 aliphatic rings. The Kier molecular flexibility index (Phi) is 5.81. The van der Waals surface area contributed by atoms with Gasteiger partial charge in [0.2, 0.25) is 11.2 Å². The van der Waals surface area contributed by atoms with E-state index < -0.39 is 12.1 Å². The molecule has 0 N–H and O–H groups in total. The van der Waals surface area contributed by atoms with E-state index in [-0.39, 0.29) is 17.8 Å². The van der Waals surface area contributed by atoms with Crippen molar-refractivity contribution in [3.05, 3.63) is 63.4 Å². The second-order valence-corrected chi connectivity index (χ2v) is 6.57. The number of carbonyl (C=O) groups excluding carboxylic acids is 1. The van der Waals surface area contributed by atoms with Crippen molar-refractivity contribution in [3.63, 3.8) is 0 Å².